The fourth-order valence-electron chi connectivity index (χ4n) is 3.40. The standard InChI is InChI=1S/C19H24N4O2/c1-22-11-10-21-18(22)17-13-20-9-12-23(17)19(24)14-5-7-16(8-6-14)25-15-3-2-4-15/h5-8,10-11,15,17,20H,2-4,9,12-13H2,1H3. The minimum absolute atomic E-state index is 0.0460. The van der Waals surface area contributed by atoms with Crippen molar-refractivity contribution in [3.05, 3.63) is 48.0 Å². The maximum Gasteiger partial charge on any atom is 0.254 e. The van der Waals surface area contributed by atoms with Gasteiger partial charge in [0.1, 0.15) is 17.6 Å². The highest BCUT2D eigenvalue weighted by Gasteiger charge is 2.31. The molecule has 6 nitrogen and oxygen atoms in total. The van der Waals surface area contributed by atoms with Crippen molar-refractivity contribution in [2.75, 3.05) is 19.6 Å². The topological polar surface area (TPSA) is 59.4 Å². The fourth-order valence-corrected chi connectivity index (χ4v) is 3.40. The maximum atomic E-state index is 13.0. The van der Waals surface area contributed by atoms with E-state index in [1.165, 1.54) is 6.42 Å². The van der Waals surface area contributed by atoms with Crippen molar-refractivity contribution >= 4 is 5.91 Å². The van der Waals surface area contributed by atoms with Crippen LogP contribution in [-0.2, 0) is 7.05 Å². The zero-order valence-corrected chi connectivity index (χ0v) is 14.5. The SMILES string of the molecule is Cn1ccnc1C1CNCCN1C(=O)c1ccc(OC2CCC2)cc1. The predicted octanol–water partition coefficient (Wildman–Crippen LogP) is 2.14. The predicted molar refractivity (Wildman–Crippen MR) is 94.6 cm³/mol. The molecule has 2 heterocycles. The molecule has 2 aliphatic rings. The molecule has 1 amide bonds. The highest BCUT2D eigenvalue weighted by Crippen LogP contribution is 2.26. The molecule has 2 fully saturated rings. The Labute approximate surface area is 147 Å². The summed E-state index contributed by atoms with van der Waals surface area (Å²) in [5.74, 6) is 1.80. The zero-order chi connectivity index (χ0) is 17.2. The third-order valence-electron chi connectivity index (χ3n) is 5.12. The molecule has 6 heteroatoms. The van der Waals surface area contributed by atoms with Gasteiger partial charge < -0.3 is 19.5 Å². The zero-order valence-electron chi connectivity index (χ0n) is 14.5. The van der Waals surface area contributed by atoms with Crippen LogP contribution in [0.4, 0.5) is 0 Å². The normalized spacial score (nSPS) is 21.0. The van der Waals surface area contributed by atoms with Gasteiger partial charge in [-0.1, -0.05) is 0 Å². The first kappa shape index (κ1) is 16.1. The Hall–Kier alpha value is -2.34. The first-order chi connectivity index (χ1) is 12.2. The van der Waals surface area contributed by atoms with Gasteiger partial charge in [0.2, 0.25) is 0 Å². The van der Waals surface area contributed by atoms with Crippen LogP contribution in [0.1, 0.15) is 41.5 Å². The van der Waals surface area contributed by atoms with E-state index >= 15 is 0 Å². The Morgan fingerprint density at radius 3 is 2.72 bits per heavy atom. The maximum absolute atomic E-state index is 13.0. The van der Waals surface area contributed by atoms with Crippen LogP contribution in [0.3, 0.4) is 0 Å². The largest absolute Gasteiger partial charge is 0.490 e. The summed E-state index contributed by atoms with van der Waals surface area (Å²) in [6.07, 6.45) is 7.55. The minimum atomic E-state index is -0.0489. The molecule has 25 heavy (non-hydrogen) atoms. The third kappa shape index (κ3) is 3.26. The number of piperazine rings is 1. The second-order valence-electron chi connectivity index (χ2n) is 6.81. The van der Waals surface area contributed by atoms with E-state index in [9.17, 15) is 4.79 Å². The molecule has 0 radical (unpaired) electrons. The van der Waals surface area contributed by atoms with E-state index in [2.05, 4.69) is 10.3 Å². The Morgan fingerprint density at radius 1 is 1.28 bits per heavy atom. The number of nitrogens with one attached hydrogen (secondary N) is 1. The van der Waals surface area contributed by atoms with E-state index in [0.29, 0.717) is 18.2 Å². The molecule has 1 atom stereocenters. The fraction of sp³-hybridized carbons (Fsp3) is 0.474. The molecule has 1 unspecified atom stereocenters. The molecule has 1 saturated heterocycles. The molecule has 1 aromatic carbocycles. The van der Waals surface area contributed by atoms with Crippen LogP contribution in [0.15, 0.2) is 36.7 Å². The van der Waals surface area contributed by atoms with Gasteiger partial charge in [-0.15, -0.1) is 0 Å². The van der Waals surface area contributed by atoms with Crippen LogP contribution in [0.25, 0.3) is 0 Å². The van der Waals surface area contributed by atoms with Crippen LogP contribution < -0.4 is 10.1 Å². The molecule has 1 saturated carbocycles. The number of aromatic nitrogens is 2. The number of amides is 1. The lowest BCUT2D eigenvalue weighted by Crippen LogP contribution is -2.49. The Kier molecular flexibility index (Phi) is 4.44. The Balaban J connectivity index is 1.50. The molecule has 1 aliphatic carbocycles. The molecule has 132 valence electrons. The minimum Gasteiger partial charge on any atom is -0.490 e. The summed E-state index contributed by atoms with van der Waals surface area (Å²) in [7, 11) is 1.96. The van der Waals surface area contributed by atoms with E-state index in [4.69, 9.17) is 4.74 Å². The summed E-state index contributed by atoms with van der Waals surface area (Å²) in [5, 5.41) is 3.36. The average molecular weight is 340 g/mol. The summed E-state index contributed by atoms with van der Waals surface area (Å²) in [4.78, 5) is 19.4. The van der Waals surface area contributed by atoms with Crippen LogP contribution in [0.2, 0.25) is 0 Å². The highest BCUT2D eigenvalue weighted by atomic mass is 16.5. The molecule has 0 bridgehead atoms. The number of benzene rings is 1. The van der Waals surface area contributed by atoms with Gasteiger partial charge >= 0.3 is 0 Å². The lowest BCUT2D eigenvalue weighted by atomic mass is 9.96. The van der Waals surface area contributed by atoms with E-state index in [0.717, 1.165) is 37.5 Å². The number of hydrogen-bond donors (Lipinski definition) is 1. The smallest absolute Gasteiger partial charge is 0.254 e. The summed E-state index contributed by atoms with van der Waals surface area (Å²) in [6, 6.07) is 7.50. The van der Waals surface area contributed by atoms with Gasteiger partial charge in [-0.05, 0) is 43.5 Å². The lowest BCUT2D eigenvalue weighted by molar-refractivity contribution is 0.0620. The van der Waals surface area contributed by atoms with Crippen LogP contribution in [0.5, 0.6) is 5.75 Å². The molecular formula is C19H24N4O2. The van der Waals surface area contributed by atoms with Gasteiger partial charge in [-0.25, -0.2) is 4.98 Å². The molecule has 4 rings (SSSR count). The van der Waals surface area contributed by atoms with Gasteiger partial charge in [0.05, 0.1) is 6.10 Å². The second-order valence-corrected chi connectivity index (χ2v) is 6.81. The molecule has 1 aliphatic heterocycles. The molecule has 1 aromatic heterocycles. The number of carbonyl (C=O) groups excluding carboxylic acids is 1. The van der Waals surface area contributed by atoms with E-state index in [-0.39, 0.29) is 11.9 Å². The first-order valence-corrected chi connectivity index (χ1v) is 8.98. The van der Waals surface area contributed by atoms with Crippen molar-refractivity contribution in [3.63, 3.8) is 0 Å². The van der Waals surface area contributed by atoms with Gasteiger partial charge in [0.15, 0.2) is 0 Å². The number of rotatable bonds is 4. The number of aryl methyl sites for hydroxylation is 1. The van der Waals surface area contributed by atoms with Crippen molar-refractivity contribution < 1.29 is 9.53 Å². The summed E-state index contributed by atoms with van der Waals surface area (Å²) in [6.45, 7) is 2.20. The van der Waals surface area contributed by atoms with Crippen molar-refractivity contribution in [2.24, 2.45) is 7.05 Å². The molecule has 2 aromatic rings. The van der Waals surface area contributed by atoms with Gasteiger partial charge in [0, 0.05) is 44.6 Å². The summed E-state index contributed by atoms with van der Waals surface area (Å²) in [5.41, 5.74) is 0.696. The molecular weight excluding hydrogens is 316 g/mol. The van der Waals surface area contributed by atoms with Crippen LogP contribution in [-0.4, -0.2) is 46.1 Å². The Bertz CT molecular complexity index is 736. The summed E-state index contributed by atoms with van der Waals surface area (Å²) >= 11 is 0. The number of hydrogen-bond acceptors (Lipinski definition) is 4. The van der Waals surface area contributed by atoms with Gasteiger partial charge in [0.25, 0.3) is 5.91 Å². The van der Waals surface area contributed by atoms with E-state index in [1.54, 1.807) is 6.20 Å². The number of ether oxygens (including phenoxy) is 1. The quantitative estimate of drug-likeness (QED) is 0.926. The van der Waals surface area contributed by atoms with Crippen molar-refractivity contribution in [2.45, 2.75) is 31.4 Å². The van der Waals surface area contributed by atoms with Crippen LogP contribution in [0, 0.1) is 0 Å². The van der Waals surface area contributed by atoms with Crippen LogP contribution >= 0.6 is 0 Å². The van der Waals surface area contributed by atoms with Gasteiger partial charge in [-0.3, -0.25) is 4.79 Å². The summed E-state index contributed by atoms with van der Waals surface area (Å²) < 4.78 is 7.86. The van der Waals surface area contributed by atoms with Crippen molar-refractivity contribution in [3.8, 4) is 5.75 Å². The second kappa shape index (κ2) is 6.88. The molecule has 0 spiro atoms. The third-order valence-corrected chi connectivity index (χ3v) is 5.12. The van der Waals surface area contributed by atoms with Gasteiger partial charge in [-0.2, -0.15) is 0 Å². The molecule has 1 N–H and O–H groups in total. The van der Waals surface area contributed by atoms with Crippen molar-refractivity contribution in [1.82, 2.24) is 19.8 Å². The number of nitrogens with zero attached hydrogens (tertiary/aromatic N) is 3. The lowest BCUT2D eigenvalue weighted by Gasteiger charge is -2.35. The average Bonchev–Trinajstić information content (AvgIpc) is 3.04. The Morgan fingerprint density at radius 2 is 2.08 bits per heavy atom. The number of carbonyl (C=O) groups is 1. The number of imidazole rings is 1. The monoisotopic (exact) mass is 340 g/mol. The van der Waals surface area contributed by atoms with E-state index < -0.39 is 0 Å². The highest BCUT2D eigenvalue weighted by molar-refractivity contribution is 5.94. The first-order valence-electron chi connectivity index (χ1n) is 8.98. The van der Waals surface area contributed by atoms with Crippen molar-refractivity contribution in [1.29, 1.82) is 0 Å². The van der Waals surface area contributed by atoms with E-state index in [1.807, 2.05) is 47.0 Å².